The second-order valence-corrected chi connectivity index (χ2v) is 8.89. The number of hydrogen-bond donors (Lipinski definition) is 1. The fourth-order valence-corrected chi connectivity index (χ4v) is 5.54. The summed E-state index contributed by atoms with van der Waals surface area (Å²) in [4.78, 5) is 9.01. The largest absolute Gasteiger partial charge is 0.354 e. The van der Waals surface area contributed by atoms with Gasteiger partial charge < -0.3 is 4.98 Å². The van der Waals surface area contributed by atoms with E-state index in [1.165, 1.54) is 21.9 Å². The highest BCUT2D eigenvalue weighted by molar-refractivity contribution is 6.19. The van der Waals surface area contributed by atoms with Crippen molar-refractivity contribution in [3.05, 3.63) is 150 Å². The van der Waals surface area contributed by atoms with Crippen LogP contribution in [-0.2, 0) is 5.41 Å². The minimum absolute atomic E-state index is 0.579. The summed E-state index contributed by atoms with van der Waals surface area (Å²) in [5, 5.41) is 2.41. The first-order valence-corrected chi connectivity index (χ1v) is 12.0. The summed E-state index contributed by atoms with van der Waals surface area (Å²) in [6.45, 7) is 6.12. The number of para-hydroxylation sites is 1. The molecule has 0 saturated carbocycles. The van der Waals surface area contributed by atoms with E-state index in [1.54, 1.807) is 0 Å². The van der Waals surface area contributed by atoms with E-state index in [9.17, 15) is 0 Å². The molecular weight excluding hydrogens is 424 g/mol. The molecule has 35 heavy (non-hydrogen) atoms. The lowest BCUT2D eigenvalue weighted by atomic mass is 9.65. The molecule has 2 heteroatoms. The van der Waals surface area contributed by atoms with Gasteiger partial charge in [0.25, 0.3) is 0 Å². The number of nitrogens with zero attached hydrogens (tertiary/aromatic N) is 1. The third kappa shape index (κ3) is 3.14. The SMILES string of the molecule is C=C/C=C(\C=C/C)C1(c2ccccc2)C(c2ccccc2)=Nc2cc3c(cc21)[nH]c1ccccc13. The molecule has 1 atom stereocenters. The fourth-order valence-electron chi connectivity index (χ4n) is 5.54. The fraction of sp³-hybridized carbons (Fsp3) is 0.0606. The molecule has 1 aromatic heterocycles. The van der Waals surface area contributed by atoms with Crippen LogP contribution in [0.3, 0.4) is 0 Å². The number of aromatic amines is 1. The van der Waals surface area contributed by atoms with E-state index in [0.29, 0.717) is 0 Å². The summed E-state index contributed by atoms with van der Waals surface area (Å²) in [6, 6.07) is 34.3. The highest BCUT2D eigenvalue weighted by Gasteiger charge is 2.47. The van der Waals surface area contributed by atoms with Gasteiger partial charge in [0.2, 0.25) is 0 Å². The number of aromatic nitrogens is 1. The van der Waals surface area contributed by atoms with E-state index < -0.39 is 5.41 Å². The van der Waals surface area contributed by atoms with Gasteiger partial charge in [-0.05, 0) is 41.8 Å². The molecule has 168 valence electrons. The van der Waals surface area contributed by atoms with E-state index >= 15 is 0 Å². The molecule has 4 aromatic carbocycles. The van der Waals surface area contributed by atoms with Crippen LogP contribution < -0.4 is 0 Å². The van der Waals surface area contributed by atoms with Gasteiger partial charge in [-0.1, -0.05) is 110 Å². The normalized spacial score (nSPS) is 17.7. The summed E-state index contributed by atoms with van der Waals surface area (Å²) in [5.41, 5.74) is 8.32. The molecule has 0 aliphatic carbocycles. The molecule has 2 nitrogen and oxygen atoms in total. The number of hydrogen-bond acceptors (Lipinski definition) is 1. The second kappa shape index (κ2) is 8.41. The van der Waals surface area contributed by atoms with Crippen molar-refractivity contribution in [2.24, 2.45) is 4.99 Å². The Bertz CT molecular complexity index is 1650. The second-order valence-electron chi connectivity index (χ2n) is 8.89. The molecule has 1 unspecified atom stereocenters. The maximum absolute atomic E-state index is 5.37. The number of benzene rings is 4. The van der Waals surface area contributed by atoms with Crippen molar-refractivity contribution in [3.63, 3.8) is 0 Å². The predicted octanol–water partition coefficient (Wildman–Crippen LogP) is 8.43. The monoisotopic (exact) mass is 450 g/mol. The van der Waals surface area contributed by atoms with E-state index in [-0.39, 0.29) is 0 Å². The van der Waals surface area contributed by atoms with Crippen LogP contribution in [0.2, 0.25) is 0 Å². The first kappa shape index (κ1) is 21.1. The standard InChI is InChI=1S/C33H26N2/c1-3-13-24(14-4-2)33(25-17-9-6-10-18-25)28-22-30-27(26-19-11-12-20-29(26)34-30)21-31(28)35-32(33)23-15-7-5-8-16-23/h3-22,34H,1H2,2H3/b14-4-,24-13+. The molecular formula is C33H26N2. The maximum Gasteiger partial charge on any atom is 0.0901 e. The van der Waals surface area contributed by atoms with Gasteiger partial charge in [-0.2, -0.15) is 0 Å². The Balaban J connectivity index is 1.78. The maximum atomic E-state index is 5.37. The van der Waals surface area contributed by atoms with Crippen molar-refractivity contribution >= 4 is 33.2 Å². The summed E-state index contributed by atoms with van der Waals surface area (Å²) in [7, 11) is 0. The third-order valence-corrected chi connectivity index (χ3v) is 6.94. The van der Waals surface area contributed by atoms with Crippen LogP contribution in [-0.4, -0.2) is 10.7 Å². The van der Waals surface area contributed by atoms with E-state index in [2.05, 4.69) is 134 Å². The quantitative estimate of drug-likeness (QED) is 0.260. The highest BCUT2D eigenvalue weighted by Crippen LogP contribution is 2.53. The zero-order chi connectivity index (χ0) is 23.8. The summed E-state index contributed by atoms with van der Waals surface area (Å²) < 4.78 is 0. The first-order valence-electron chi connectivity index (χ1n) is 12.0. The molecule has 0 fully saturated rings. The average Bonchev–Trinajstić information content (AvgIpc) is 3.44. The van der Waals surface area contributed by atoms with Gasteiger partial charge in [-0.3, -0.25) is 4.99 Å². The molecule has 0 saturated heterocycles. The Labute approximate surface area is 205 Å². The minimum Gasteiger partial charge on any atom is -0.354 e. The van der Waals surface area contributed by atoms with Crippen molar-refractivity contribution in [2.45, 2.75) is 12.3 Å². The van der Waals surface area contributed by atoms with Gasteiger partial charge in [-0.25, -0.2) is 0 Å². The molecule has 2 heterocycles. The minimum atomic E-state index is -0.579. The van der Waals surface area contributed by atoms with Gasteiger partial charge in [0.15, 0.2) is 0 Å². The molecule has 1 aliphatic rings. The topological polar surface area (TPSA) is 28.1 Å². The van der Waals surface area contributed by atoms with E-state index in [1.807, 2.05) is 6.08 Å². The summed E-state index contributed by atoms with van der Waals surface area (Å²) in [6.07, 6.45) is 8.29. The zero-order valence-electron chi connectivity index (χ0n) is 19.7. The number of fused-ring (bicyclic) bond motifs is 4. The highest BCUT2D eigenvalue weighted by atomic mass is 14.8. The van der Waals surface area contributed by atoms with Crippen LogP contribution in [0.15, 0.2) is 139 Å². The number of H-pyrrole nitrogens is 1. The van der Waals surface area contributed by atoms with Crippen molar-refractivity contribution in [3.8, 4) is 0 Å². The van der Waals surface area contributed by atoms with Crippen LogP contribution in [0.25, 0.3) is 21.8 Å². The van der Waals surface area contributed by atoms with Crippen molar-refractivity contribution in [1.82, 2.24) is 4.98 Å². The molecule has 1 N–H and O–H groups in total. The van der Waals surface area contributed by atoms with E-state index in [0.717, 1.165) is 33.6 Å². The number of allylic oxidation sites excluding steroid dienone is 5. The molecule has 0 radical (unpaired) electrons. The van der Waals surface area contributed by atoms with Crippen molar-refractivity contribution < 1.29 is 0 Å². The first-order chi connectivity index (χ1) is 17.3. The van der Waals surface area contributed by atoms with Crippen molar-refractivity contribution in [1.29, 1.82) is 0 Å². The Hall–Kier alpha value is -4.43. The Morgan fingerprint density at radius 2 is 1.54 bits per heavy atom. The number of aliphatic imine (C=N–C) groups is 1. The Morgan fingerprint density at radius 1 is 0.829 bits per heavy atom. The zero-order valence-corrected chi connectivity index (χ0v) is 19.7. The summed E-state index contributed by atoms with van der Waals surface area (Å²) in [5.74, 6) is 0. The van der Waals surface area contributed by atoms with Gasteiger partial charge >= 0.3 is 0 Å². The third-order valence-electron chi connectivity index (χ3n) is 6.94. The van der Waals surface area contributed by atoms with Crippen LogP contribution >= 0.6 is 0 Å². The smallest absolute Gasteiger partial charge is 0.0901 e. The number of rotatable bonds is 5. The predicted molar refractivity (Wildman–Crippen MR) is 149 cm³/mol. The van der Waals surface area contributed by atoms with Gasteiger partial charge in [-0.15, -0.1) is 0 Å². The summed E-state index contributed by atoms with van der Waals surface area (Å²) >= 11 is 0. The van der Waals surface area contributed by atoms with Crippen LogP contribution in [0.5, 0.6) is 0 Å². The molecule has 6 rings (SSSR count). The lowest BCUT2D eigenvalue weighted by molar-refractivity contribution is 0.850. The Morgan fingerprint density at radius 3 is 2.29 bits per heavy atom. The van der Waals surface area contributed by atoms with Gasteiger partial charge in [0.05, 0.1) is 16.8 Å². The van der Waals surface area contributed by atoms with Gasteiger partial charge in [0, 0.05) is 27.4 Å². The molecule has 0 amide bonds. The van der Waals surface area contributed by atoms with Gasteiger partial charge in [0.1, 0.15) is 0 Å². The lowest BCUT2D eigenvalue weighted by Crippen LogP contribution is -2.37. The number of nitrogens with one attached hydrogen (secondary N) is 1. The molecule has 0 spiro atoms. The average molecular weight is 451 g/mol. The molecule has 0 bridgehead atoms. The van der Waals surface area contributed by atoms with Crippen LogP contribution in [0.1, 0.15) is 23.6 Å². The molecule has 1 aliphatic heterocycles. The van der Waals surface area contributed by atoms with Crippen molar-refractivity contribution in [2.75, 3.05) is 0 Å². The Kier molecular flexibility index (Phi) is 5.08. The lowest BCUT2D eigenvalue weighted by Gasteiger charge is -2.35. The molecule has 5 aromatic rings. The van der Waals surface area contributed by atoms with E-state index in [4.69, 9.17) is 4.99 Å². The van der Waals surface area contributed by atoms with Crippen LogP contribution in [0.4, 0.5) is 5.69 Å². The van der Waals surface area contributed by atoms with Crippen LogP contribution in [0, 0.1) is 0 Å².